The van der Waals surface area contributed by atoms with Gasteiger partial charge in [0.2, 0.25) is 11.8 Å². The van der Waals surface area contributed by atoms with Gasteiger partial charge in [-0.2, -0.15) is 4.98 Å². The summed E-state index contributed by atoms with van der Waals surface area (Å²) in [6.45, 7) is 0.431. The molecule has 0 aliphatic heterocycles. The molecule has 17 heavy (non-hydrogen) atoms. The van der Waals surface area contributed by atoms with Gasteiger partial charge < -0.3 is 10.1 Å². The van der Waals surface area contributed by atoms with Gasteiger partial charge in [0.25, 0.3) is 0 Å². The van der Waals surface area contributed by atoms with Crippen molar-refractivity contribution in [2.75, 3.05) is 12.4 Å². The molecule has 0 radical (unpaired) electrons. The highest BCUT2D eigenvalue weighted by molar-refractivity contribution is 6.30. The first-order chi connectivity index (χ1) is 8.28. The molecule has 0 amide bonds. The van der Waals surface area contributed by atoms with Gasteiger partial charge in [-0.05, 0) is 17.7 Å². The molecule has 0 atom stereocenters. The zero-order valence-corrected chi connectivity index (χ0v) is 10.1. The molecule has 0 aliphatic carbocycles. The molecule has 1 aromatic carbocycles. The van der Waals surface area contributed by atoms with Gasteiger partial charge in [-0.1, -0.05) is 23.7 Å². The summed E-state index contributed by atoms with van der Waals surface area (Å²) >= 11 is 5.88. The topological polar surface area (TPSA) is 47.0 Å². The number of aromatic nitrogens is 2. The van der Waals surface area contributed by atoms with Crippen molar-refractivity contribution in [1.29, 1.82) is 0 Å². The number of ether oxygens (including phenoxy) is 1. The maximum Gasteiger partial charge on any atom is 0.225 e. The van der Waals surface area contributed by atoms with Crippen LogP contribution in [0.2, 0.25) is 5.02 Å². The highest BCUT2D eigenvalue weighted by Crippen LogP contribution is 2.14. The van der Waals surface area contributed by atoms with Gasteiger partial charge in [-0.15, -0.1) is 0 Å². The molecule has 0 fully saturated rings. The SMILES string of the molecule is CNc1nccc(OCc2cccc(Cl)c2)n1. The number of rotatable bonds is 4. The lowest BCUT2D eigenvalue weighted by Crippen LogP contribution is -2.00. The van der Waals surface area contributed by atoms with Crippen molar-refractivity contribution >= 4 is 17.5 Å². The average molecular weight is 250 g/mol. The molecular weight excluding hydrogens is 238 g/mol. The minimum Gasteiger partial charge on any atom is -0.473 e. The molecule has 1 aromatic heterocycles. The lowest BCUT2D eigenvalue weighted by Gasteiger charge is -2.06. The fraction of sp³-hybridized carbons (Fsp3) is 0.167. The van der Waals surface area contributed by atoms with E-state index in [-0.39, 0.29) is 0 Å². The Morgan fingerprint density at radius 1 is 1.35 bits per heavy atom. The third kappa shape index (κ3) is 3.32. The molecule has 0 saturated heterocycles. The first kappa shape index (κ1) is 11.7. The molecule has 2 aromatic rings. The van der Waals surface area contributed by atoms with E-state index in [1.165, 1.54) is 0 Å². The molecule has 0 unspecified atom stereocenters. The monoisotopic (exact) mass is 249 g/mol. The number of nitrogens with one attached hydrogen (secondary N) is 1. The molecule has 2 rings (SSSR count). The second kappa shape index (κ2) is 5.50. The second-order valence-electron chi connectivity index (χ2n) is 3.39. The molecule has 0 saturated carbocycles. The number of hydrogen-bond donors (Lipinski definition) is 1. The third-order valence-electron chi connectivity index (χ3n) is 2.13. The van der Waals surface area contributed by atoms with E-state index in [1.54, 1.807) is 19.3 Å². The summed E-state index contributed by atoms with van der Waals surface area (Å²) in [5.74, 6) is 1.07. The van der Waals surface area contributed by atoms with E-state index in [2.05, 4.69) is 15.3 Å². The Labute approximate surface area is 105 Å². The minimum absolute atomic E-state index is 0.431. The van der Waals surface area contributed by atoms with Gasteiger partial charge in [-0.25, -0.2) is 4.98 Å². The van der Waals surface area contributed by atoms with E-state index in [4.69, 9.17) is 16.3 Å². The molecule has 5 heteroatoms. The maximum absolute atomic E-state index is 5.88. The van der Waals surface area contributed by atoms with Crippen LogP contribution in [0.5, 0.6) is 5.88 Å². The van der Waals surface area contributed by atoms with Gasteiger partial charge >= 0.3 is 0 Å². The Morgan fingerprint density at radius 3 is 3.00 bits per heavy atom. The Balaban J connectivity index is 2.02. The summed E-state index contributed by atoms with van der Waals surface area (Å²) in [7, 11) is 1.76. The fourth-order valence-electron chi connectivity index (χ4n) is 1.33. The van der Waals surface area contributed by atoms with E-state index >= 15 is 0 Å². The largest absolute Gasteiger partial charge is 0.473 e. The number of nitrogens with zero attached hydrogens (tertiary/aromatic N) is 2. The van der Waals surface area contributed by atoms with Gasteiger partial charge in [0.05, 0.1) is 0 Å². The molecule has 1 heterocycles. The molecule has 0 bridgehead atoms. The molecule has 1 N–H and O–H groups in total. The highest BCUT2D eigenvalue weighted by atomic mass is 35.5. The number of hydrogen-bond acceptors (Lipinski definition) is 4. The van der Waals surface area contributed by atoms with Gasteiger partial charge in [0.15, 0.2) is 0 Å². The van der Waals surface area contributed by atoms with Crippen molar-refractivity contribution in [3.05, 3.63) is 47.1 Å². The van der Waals surface area contributed by atoms with Crippen molar-refractivity contribution in [3.63, 3.8) is 0 Å². The summed E-state index contributed by atoms with van der Waals surface area (Å²) in [6, 6.07) is 9.24. The van der Waals surface area contributed by atoms with Gasteiger partial charge in [-0.3, -0.25) is 0 Å². The van der Waals surface area contributed by atoms with Crippen molar-refractivity contribution in [2.24, 2.45) is 0 Å². The predicted octanol–water partition coefficient (Wildman–Crippen LogP) is 2.75. The molecule has 0 aliphatic rings. The van der Waals surface area contributed by atoms with Crippen LogP contribution in [0.15, 0.2) is 36.5 Å². The third-order valence-corrected chi connectivity index (χ3v) is 2.36. The van der Waals surface area contributed by atoms with E-state index in [0.717, 1.165) is 5.56 Å². The van der Waals surface area contributed by atoms with Crippen molar-refractivity contribution < 1.29 is 4.74 Å². The normalized spacial score (nSPS) is 10.0. The zero-order chi connectivity index (χ0) is 12.1. The first-order valence-electron chi connectivity index (χ1n) is 5.16. The lowest BCUT2D eigenvalue weighted by atomic mass is 10.2. The molecular formula is C12H12ClN3O. The van der Waals surface area contributed by atoms with Crippen LogP contribution >= 0.6 is 11.6 Å². The molecule has 4 nitrogen and oxygen atoms in total. The predicted molar refractivity (Wildman–Crippen MR) is 67.4 cm³/mol. The Hall–Kier alpha value is -1.81. The van der Waals surface area contributed by atoms with Crippen molar-refractivity contribution in [2.45, 2.75) is 6.61 Å². The average Bonchev–Trinajstić information content (AvgIpc) is 2.37. The maximum atomic E-state index is 5.88. The summed E-state index contributed by atoms with van der Waals surface area (Å²) < 4.78 is 5.54. The summed E-state index contributed by atoms with van der Waals surface area (Å²) in [6.07, 6.45) is 1.64. The number of benzene rings is 1. The number of halogens is 1. The summed E-state index contributed by atoms with van der Waals surface area (Å²) in [5.41, 5.74) is 1.00. The highest BCUT2D eigenvalue weighted by Gasteiger charge is 1.99. The lowest BCUT2D eigenvalue weighted by molar-refractivity contribution is 0.294. The Kier molecular flexibility index (Phi) is 3.77. The van der Waals surface area contributed by atoms with E-state index in [1.807, 2.05) is 24.3 Å². The zero-order valence-electron chi connectivity index (χ0n) is 9.35. The standard InChI is InChI=1S/C12H12ClN3O/c1-14-12-15-6-5-11(16-12)17-8-9-3-2-4-10(13)7-9/h2-7H,8H2,1H3,(H,14,15,16). The van der Waals surface area contributed by atoms with E-state index < -0.39 is 0 Å². The summed E-state index contributed by atoms with van der Waals surface area (Å²) in [5, 5.41) is 3.55. The van der Waals surface area contributed by atoms with Crippen molar-refractivity contribution in [1.82, 2.24) is 9.97 Å². The Morgan fingerprint density at radius 2 is 2.24 bits per heavy atom. The van der Waals surface area contributed by atoms with Crippen LogP contribution in [0.25, 0.3) is 0 Å². The smallest absolute Gasteiger partial charge is 0.225 e. The minimum atomic E-state index is 0.431. The van der Waals surface area contributed by atoms with Crippen molar-refractivity contribution in [3.8, 4) is 5.88 Å². The van der Waals surface area contributed by atoms with Crippen LogP contribution in [-0.4, -0.2) is 17.0 Å². The van der Waals surface area contributed by atoms with E-state index in [9.17, 15) is 0 Å². The van der Waals surface area contributed by atoms with Crippen LogP contribution in [0, 0.1) is 0 Å². The van der Waals surface area contributed by atoms with Crippen LogP contribution in [0.4, 0.5) is 5.95 Å². The fourth-order valence-corrected chi connectivity index (χ4v) is 1.54. The first-order valence-corrected chi connectivity index (χ1v) is 5.54. The number of anilines is 1. The van der Waals surface area contributed by atoms with Crippen LogP contribution in [0.1, 0.15) is 5.56 Å². The van der Waals surface area contributed by atoms with E-state index in [0.29, 0.717) is 23.5 Å². The quantitative estimate of drug-likeness (QED) is 0.905. The Bertz CT molecular complexity index is 505. The summed E-state index contributed by atoms with van der Waals surface area (Å²) in [4.78, 5) is 8.15. The van der Waals surface area contributed by atoms with Crippen LogP contribution in [0.3, 0.4) is 0 Å². The molecule has 88 valence electrons. The van der Waals surface area contributed by atoms with Gasteiger partial charge in [0, 0.05) is 24.3 Å². The second-order valence-corrected chi connectivity index (χ2v) is 3.82. The molecule has 0 spiro atoms. The van der Waals surface area contributed by atoms with Gasteiger partial charge in [0.1, 0.15) is 6.61 Å². The van der Waals surface area contributed by atoms with Crippen LogP contribution in [-0.2, 0) is 6.61 Å². The van der Waals surface area contributed by atoms with Crippen LogP contribution < -0.4 is 10.1 Å².